The number of nitrogens with zero attached hydrogens (tertiary/aromatic N) is 2. The number of benzene rings is 2. The first-order valence-corrected chi connectivity index (χ1v) is 14.7. The average molecular weight is 574 g/mol. The first-order valence-electron chi connectivity index (χ1n) is 11.8. The van der Waals surface area contributed by atoms with Crippen LogP contribution < -0.4 is 5.32 Å². The van der Waals surface area contributed by atoms with Crippen molar-refractivity contribution >= 4 is 55.6 Å². The maximum absolute atomic E-state index is 13.1. The quantitative estimate of drug-likeness (QED) is 0.259. The highest BCUT2D eigenvalue weighted by Gasteiger charge is 2.24. The lowest BCUT2D eigenvalue weighted by Gasteiger charge is -2.19. The van der Waals surface area contributed by atoms with Gasteiger partial charge >= 0.3 is 6.09 Å². The van der Waals surface area contributed by atoms with Crippen LogP contribution in [0.2, 0.25) is 4.34 Å². The van der Waals surface area contributed by atoms with E-state index < -0.39 is 21.5 Å². The van der Waals surface area contributed by atoms with Gasteiger partial charge in [-0.25, -0.2) is 13.2 Å². The fourth-order valence-corrected chi connectivity index (χ4v) is 6.89. The third kappa shape index (κ3) is 6.61. The number of Topliss-reactive ketones (excluding diaryl/α,β-unsaturated/α-hetero) is 1. The van der Waals surface area contributed by atoms with Gasteiger partial charge in [-0.2, -0.15) is 5.10 Å². The Hall–Kier alpha value is -3.21. The Morgan fingerprint density at radius 2 is 1.79 bits per heavy atom. The smallest absolute Gasteiger partial charge is 0.407 e. The molecule has 0 radical (unpaired) electrons. The monoisotopic (exact) mass is 573 g/mol. The molecule has 1 amide bonds. The lowest BCUT2D eigenvalue weighted by molar-refractivity contribution is 0.0523. The highest BCUT2D eigenvalue weighted by atomic mass is 35.5. The van der Waals surface area contributed by atoms with E-state index in [9.17, 15) is 18.0 Å². The molecule has 0 aliphatic heterocycles. The Morgan fingerprint density at radius 1 is 1.08 bits per heavy atom. The largest absolute Gasteiger partial charge is 0.444 e. The predicted molar refractivity (Wildman–Crippen MR) is 149 cm³/mol. The van der Waals surface area contributed by atoms with Gasteiger partial charge in [0.15, 0.2) is 15.6 Å². The van der Waals surface area contributed by atoms with Gasteiger partial charge < -0.3 is 10.1 Å². The number of hydrogen-bond donors (Lipinski definition) is 1. The molecular formula is C27H28ClN3O5S2. The molecule has 0 unspecified atom stereocenters. The Bertz CT molecular complexity index is 1620. The molecule has 2 aromatic heterocycles. The number of fused-ring (bicyclic) bond motifs is 1. The van der Waals surface area contributed by atoms with E-state index in [4.69, 9.17) is 16.3 Å². The minimum absolute atomic E-state index is 0.149. The van der Waals surface area contributed by atoms with Crippen LogP contribution >= 0.6 is 22.9 Å². The SMILES string of the molecule is CC(=O)c1cccc2c1c(CS(=O)(=O)c1ccc(Cl)s1)nn2Cc1cccc(CNC(=O)OC(C)(C)C)c1. The number of hydrogen-bond acceptors (Lipinski definition) is 7. The second-order valence-corrected chi connectivity index (χ2v) is 13.8. The second kappa shape index (κ2) is 10.9. The molecule has 4 rings (SSSR count). The standard InChI is InChI=1S/C27H28ClN3O5S2/c1-17(32)20-9-6-10-22-25(20)21(16-38(34,35)24-12-11-23(28)37-24)30-31(22)15-19-8-5-7-18(13-19)14-29-26(33)36-27(2,3)4/h5-13H,14-16H2,1-4H3,(H,29,33). The van der Waals surface area contributed by atoms with E-state index in [2.05, 4.69) is 10.4 Å². The molecule has 2 aromatic carbocycles. The summed E-state index contributed by atoms with van der Waals surface area (Å²) in [6.45, 7) is 7.47. The molecule has 200 valence electrons. The summed E-state index contributed by atoms with van der Waals surface area (Å²) < 4.78 is 33.8. The highest BCUT2D eigenvalue weighted by molar-refractivity contribution is 7.92. The van der Waals surface area contributed by atoms with Crippen LogP contribution in [-0.2, 0) is 33.4 Å². The molecule has 0 fully saturated rings. The normalized spacial score (nSPS) is 12.0. The number of nitrogens with one attached hydrogen (secondary N) is 1. The van der Waals surface area contributed by atoms with Crippen LogP contribution in [0.15, 0.2) is 58.8 Å². The average Bonchev–Trinajstić information content (AvgIpc) is 3.41. The number of alkyl carbamates (subject to hydrolysis) is 1. The molecule has 0 bridgehead atoms. The van der Waals surface area contributed by atoms with Crippen LogP contribution in [0.4, 0.5) is 4.79 Å². The van der Waals surface area contributed by atoms with Crippen LogP contribution in [0.3, 0.4) is 0 Å². The summed E-state index contributed by atoms with van der Waals surface area (Å²) in [6, 6.07) is 15.9. The Labute approximate surface area is 230 Å². The summed E-state index contributed by atoms with van der Waals surface area (Å²) in [6.07, 6.45) is -0.504. The molecule has 2 heterocycles. The van der Waals surface area contributed by atoms with Crippen molar-refractivity contribution in [3.63, 3.8) is 0 Å². The van der Waals surface area contributed by atoms with Gasteiger partial charge in [-0.3, -0.25) is 9.48 Å². The van der Waals surface area contributed by atoms with E-state index in [-0.39, 0.29) is 22.3 Å². The summed E-state index contributed by atoms with van der Waals surface area (Å²) in [5.74, 6) is -0.541. The molecular weight excluding hydrogens is 546 g/mol. The van der Waals surface area contributed by atoms with E-state index in [1.54, 1.807) is 43.7 Å². The van der Waals surface area contributed by atoms with Crippen LogP contribution in [0.25, 0.3) is 10.9 Å². The zero-order valence-corrected chi connectivity index (χ0v) is 23.8. The van der Waals surface area contributed by atoms with Crippen LogP contribution in [0, 0.1) is 0 Å². The zero-order valence-electron chi connectivity index (χ0n) is 21.4. The van der Waals surface area contributed by atoms with Gasteiger partial charge in [-0.15, -0.1) is 11.3 Å². The van der Waals surface area contributed by atoms with E-state index in [0.717, 1.165) is 22.5 Å². The van der Waals surface area contributed by atoms with E-state index in [1.807, 2.05) is 30.3 Å². The van der Waals surface area contributed by atoms with E-state index in [1.165, 1.54) is 13.0 Å². The highest BCUT2D eigenvalue weighted by Crippen LogP contribution is 2.31. The van der Waals surface area contributed by atoms with Crippen LogP contribution in [0.5, 0.6) is 0 Å². The van der Waals surface area contributed by atoms with Gasteiger partial charge in [0.05, 0.1) is 22.1 Å². The predicted octanol–water partition coefficient (Wildman–Crippen LogP) is 6.00. The molecule has 0 saturated heterocycles. The summed E-state index contributed by atoms with van der Waals surface area (Å²) in [4.78, 5) is 24.5. The molecule has 8 nitrogen and oxygen atoms in total. The fraction of sp³-hybridized carbons (Fsp3) is 0.296. The number of halogens is 1. The molecule has 0 atom stereocenters. The van der Waals surface area contributed by atoms with Crippen molar-refractivity contribution in [1.82, 2.24) is 15.1 Å². The van der Waals surface area contributed by atoms with Gasteiger partial charge in [0, 0.05) is 17.5 Å². The third-order valence-electron chi connectivity index (χ3n) is 5.57. The number of amides is 1. The second-order valence-electron chi connectivity index (χ2n) is 9.85. The Balaban J connectivity index is 1.65. The molecule has 4 aromatic rings. The number of carbonyl (C=O) groups is 2. The summed E-state index contributed by atoms with van der Waals surface area (Å²) in [5, 5.41) is 7.93. The molecule has 1 N–H and O–H groups in total. The molecule has 38 heavy (non-hydrogen) atoms. The number of carbonyl (C=O) groups excluding carboxylic acids is 2. The lowest BCUT2D eigenvalue weighted by atomic mass is 10.0. The van der Waals surface area contributed by atoms with Gasteiger partial charge in [-0.1, -0.05) is 48.0 Å². The number of aromatic nitrogens is 2. The number of rotatable bonds is 8. The van der Waals surface area contributed by atoms with Crippen molar-refractivity contribution in [3.05, 3.63) is 81.3 Å². The molecule has 0 aliphatic carbocycles. The van der Waals surface area contributed by atoms with Crippen molar-refractivity contribution in [1.29, 1.82) is 0 Å². The Morgan fingerprint density at radius 3 is 2.45 bits per heavy atom. The lowest BCUT2D eigenvalue weighted by Crippen LogP contribution is -2.32. The zero-order chi connectivity index (χ0) is 27.7. The first kappa shape index (κ1) is 27.8. The minimum atomic E-state index is -3.73. The van der Waals surface area contributed by atoms with E-state index >= 15 is 0 Å². The maximum Gasteiger partial charge on any atom is 0.407 e. The van der Waals surface area contributed by atoms with Crippen molar-refractivity contribution in [3.8, 4) is 0 Å². The minimum Gasteiger partial charge on any atom is -0.444 e. The van der Waals surface area contributed by atoms with Gasteiger partial charge in [0.1, 0.15) is 15.6 Å². The molecule has 0 aliphatic rings. The number of sulfone groups is 1. The van der Waals surface area contributed by atoms with Gasteiger partial charge in [0.2, 0.25) is 0 Å². The van der Waals surface area contributed by atoms with Crippen LogP contribution in [0.1, 0.15) is 54.9 Å². The van der Waals surface area contributed by atoms with Crippen molar-refractivity contribution in [2.45, 2.75) is 56.3 Å². The molecule has 0 saturated carbocycles. The maximum atomic E-state index is 13.1. The van der Waals surface area contributed by atoms with Crippen LogP contribution in [-0.4, -0.2) is 35.7 Å². The summed E-state index contributed by atoms with van der Waals surface area (Å²) >= 11 is 6.95. The summed E-state index contributed by atoms with van der Waals surface area (Å²) in [7, 11) is -3.73. The van der Waals surface area contributed by atoms with Gasteiger partial charge in [0.25, 0.3) is 0 Å². The third-order valence-corrected chi connectivity index (χ3v) is 9.01. The van der Waals surface area contributed by atoms with E-state index in [0.29, 0.717) is 33.0 Å². The number of ether oxygens (including phenoxy) is 1. The number of ketones is 1. The molecule has 11 heteroatoms. The fourth-order valence-electron chi connectivity index (χ4n) is 4.04. The van der Waals surface area contributed by atoms with Crippen molar-refractivity contribution in [2.75, 3.05) is 0 Å². The first-order chi connectivity index (χ1) is 17.8. The van der Waals surface area contributed by atoms with Crippen molar-refractivity contribution < 1.29 is 22.7 Å². The van der Waals surface area contributed by atoms with Crippen molar-refractivity contribution in [2.24, 2.45) is 0 Å². The topological polar surface area (TPSA) is 107 Å². The molecule has 0 spiro atoms. The van der Waals surface area contributed by atoms with Gasteiger partial charge in [-0.05, 0) is 57.0 Å². The Kier molecular flexibility index (Phi) is 7.96. The summed E-state index contributed by atoms with van der Waals surface area (Å²) in [5.41, 5.74) is 2.55. The number of thiophene rings is 1.